The van der Waals surface area contributed by atoms with E-state index in [1.165, 1.54) is 83.5 Å². The van der Waals surface area contributed by atoms with Gasteiger partial charge in [0.1, 0.15) is 12.6 Å². The van der Waals surface area contributed by atoms with E-state index in [9.17, 15) is 9.59 Å². The second-order valence-electron chi connectivity index (χ2n) is 11.3. The Kier molecular flexibility index (Phi) is 23.8. The second-order valence-corrected chi connectivity index (χ2v) is 11.3. The van der Waals surface area contributed by atoms with Crippen molar-refractivity contribution >= 4 is 12.6 Å². The third-order valence-electron chi connectivity index (χ3n) is 7.59. The number of hydrogen-bond acceptors (Lipinski definition) is 6. The highest BCUT2D eigenvalue weighted by molar-refractivity contribution is 5.72. The van der Waals surface area contributed by atoms with Crippen LogP contribution in [0, 0.1) is 23.7 Å². The summed E-state index contributed by atoms with van der Waals surface area (Å²) in [5.41, 5.74) is 0.792. The summed E-state index contributed by atoms with van der Waals surface area (Å²) in [6.07, 6.45) is 19.6. The van der Waals surface area contributed by atoms with Gasteiger partial charge in [-0.15, -0.1) is 0 Å². The summed E-state index contributed by atoms with van der Waals surface area (Å²) in [7, 11) is 3.60. The highest BCUT2D eigenvalue weighted by atomic mass is 16.5. The summed E-state index contributed by atoms with van der Waals surface area (Å²) < 4.78 is 17.1. The van der Waals surface area contributed by atoms with Crippen LogP contribution in [0.3, 0.4) is 0 Å². The fraction of sp³-hybridized carbons (Fsp3) is 0.812. The van der Waals surface area contributed by atoms with Crippen molar-refractivity contribution in [1.82, 2.24) is 0 Å². The molecule has 0 radical (unpaired) electrons. The maximum Gasteiger partial charge on any atom is 0.147 e. The molecule has 1 N–H and O–H groups in total. The Morgan fingerprint density at radius 2 is 1.39 bits per heavy atom. The second kappa shape index (κ2) is 24.7. The summed E-state index contributed by atoms with van der Waals surface area (Å²) in [6.45, 7) is 12.9. The van der Waals surface area contributed by atoms with Gasteiger partial charge >= 0.3 is 0 Å². The maximum absolute atomic E-state index is 9.48. The fourth-order valence-electron chi connectivity index (χ4n) is 5.34. The van der Waals surface area contributed by atoms with Crippen LogP contribution in [0.4, 0.5) is 0 Å². The van der Waals surface area contributed by atoms with E-state index >= 15 is 0 Å². The van der Waals surface area contributed by atoms with Crippen molar-refractivity contribution in [3.05, 3.63) is 24.3 Å². The predicted octanol–water partition coefficient (Wildman–Crippen LogP) is 6.74. The first-order chi connectivity index (χ1) is 18.3. The number of ether oxygens (including phenoxy) is 3. The average Bonchev–Trinajstić information content (AvgIpc) is 2.94. The van der Waals surface area contributed by atoms with Crippen molar-refractivity contribution in [3.63, 3.8) is 0 Å². The number of aliphatic hydroxyl groups excluding tert-OH is 1. The van der Waals surface area contributed by atoms with Crippen molar-refractivity contribution in [2.24, 2.45) is 23.7 Å². The summed E-state index contributed by atoms with van der Waals surface area (Å²) in [5.74, 6) is 3.22. The van der Waals surface area contributed by atoms with Crippen LogP contribution >= 0.6 is 0 Å². The molecule has 0 spiro atoms. The Morgan fingerprint density at radius 1 is 0.868 bits per heavy atom. The number of allylic oxidation sites excluding steroid dienone is 1. The van der Waals surface area contributed by atoms with Gasteiger partial charge in [-0.2, -0.15) is 0 Å². The lowest BCUT2D eigenvalue weighted by atomic mass is 9.80. The molecule has 2 aliphatic rings. The molecule has 2 saturated carbocycles. The molecule has 0 aliphatic heterocycles. The molecule has 0 aromatic rings. The lowest BCUT2D eigenvalue weighted by Gasteiger charge is -2.33. The minimum atomic E-state index is -0.233. The largest absolute Gasteiger partial charge is 0.392 e. The molecule has 2 fully saturated rings. The zero-order valence-electron chi connectivity index (χ0n) is 25.0. The highest BCUT2D eigenvalue weighted by Gasteiger charge is 2.26. The van der Waals surface area contributed by atoms with E-state index in [2.05, 4.69) is 20.1 Å². The van der Waals surface area contributed by atoms with Crippen molar-refractivity contribution in [2.45, 2.75) is 103 Å². The average molecular weight is 539 g/mol. The van der Waals surface area contributed by atoms with E-state index in [1.807, 2.05) is 0 Å². The van der Waals surface area contributed by atoms with Crippen LogP contribution in [-0.2, 0) is 23.8 Å². The van der Waals surface area contributed by atoms with Crippen molar-refractivity contribution in [3.8, 4) is 0 Å². The zero-order chi connectivity index (χ0) is 28.6. The minimum absolute atomic E-state index is 0.218. The Hall–Kier alpha value is -1.34. The third kappa shape index (κ3) is 19.7. The van der Waals surface area contributed by atoms with Gasteiger partial charge < -0.3 is 19.3 Å². The minimum Gasteiger partial charge on any atom is -0.392 e. The molecule has 0 unspecified atom stereocenters. The van der Waals surface area contributed by atoms with Gasteiger partial charge in [0.2, 0.25) is 0 Å². The first kappa shape index (κ1) is 36.7. The van der Waals surface area contributed by atoms with Crippen LogP contribution in [0.25, 0.3) is 0 Å². The third-order valence-corrected chi connectivity index (χ3v) is 7.59. The Bertz CT molecular complexity index is 597. The number of unbranched alkanes of at least 4 members (excludes halogenated alkanes) is 2. The summed E-state index contributed by atoms with van der Waals surface area (Å²) >= 11 is 0. The standard InChI is InChI=1S/C24H46O3.C4H6O2.C4H6O/c1-4-5-6-7-20-8-10-22(11-9-20)19-27-24-14-12-21(13-15-24)16-23(17-25-2)18-26-3;1-4(2-5)3-6;1-4(2)3-5/h20-24H,4-19H2,1-3H3;2,6H,1,3H2;3H,1H2,2H3. The molecule has 222 valence electrons. The van der Waals surface area contributed by atoms with E-state index in [1.54, 1.807) is 21.1 Å². The lowest BCUT2D eigenvalue weighted by Crippen LogP contribution is -2.27. The fourth-order valence-corrected chi connectivity index (χ4v) is 5.34. The van der Waals surface area contributed by atoms with E-state index in [0.29, 0.717) is 23.9 Å². The predicted molar refractivity (Wildman–Crippen MR) is 156 cm³/mol. The van der Waals surface area contributed by atoms with Crippen LogP contribution in [0.15, 0.2) is 24.3 Å². The highest BCUT2D eigenvalue weighted by Crippen LogP contribution is 2.34. The van der Waals surface area contributed by atoms with Crippen molar-refractivity contribution in [1.29, 1.82) is 0 Å². The molecular formula is C32H58O6. The first-order valence-electron chi connectivity index (χ1n) is 14.8. The van der Waals surface area contributed by atoms with E-state index in [4.69, 9.17) is 19.3 Å². The molecule has 6 nitrogen and oxygen atoms in total. The van der Waals surface area contributed by atoms with Gasteiger partial charge in [0.25, 0.3) is 0 Å². The van der Waals surface area contributed by atoms with Gasteiger partial charge in [-0.25, -0.2) is 0 Å². The molecule has 0 heterocycles. The van der Waals surface area contributed by atoms with Crippen LogP contribution in [0.2, 0.25) is 0 Å². The summed E-state index contributed by atoms with van der Waals surface area (Å²) in [5, 5.41) is 8.00. The molecule has 6 heteroatoms. The van der Waals surface area contributed by atoms with Crippen molar-refractivity contribution < 1.29 is 28.9 Å². The maximum atomic E-state index is 9.48. The summed E-state index contributed by atoms with van der Waals surface area (Å²) in [6, 6.07) is 0. The SMILES string of the molecule is C=C(C)C=O.C=C(C=O)CO.CCCCCC1CCC(COC2CCC(CC(COC)COC)CC2)CC1. The van der Waals surface area contributed by atoms with Gasteiger partial charge in [-0.05, 0) is 75.2 Å². The molecule has 0 aromatic heterocycles. The number of carbonyl (C=O) groups is 2. The molecule has 0 atom stereocenters. The van der Waals surface area contributed by atoms with Crippen LogP contribution in [0.5, 0.6) is 0 Å². The molecule has 0 saturated heterocycles. The molecule has 2 aliphatic carbocycles. The smallest absolute Gasteiger partial charge is 0.147 e. The van der Waals surface area contributed by atoms with E-state index < -0.39 is 0 Å². The van der Waals surface area contributed by atoms with Crippen molar-refractivity contribution in [2.75, 3.05) is 40.6 Å². The lowest BCUT2D eigenvalue weighted by molar-refractivity contribution is -0.105. The number of carbonyl (C=O) groups excluding carboxylic acids is 2. The van der Waals surface area contributed by atoms with Gasteiger partial charge in [0.05, 0.1) is 25.9 Å². The Morgan fingerprint density at radius 3 is 1.82 bits per heavy atom. The summed E-state index contributed by atoms with van der Waals surface area (Å²) in [4.78, 5) is 18.9. The number of rotatable bonds is 16. The van der Waals surface area contributed by atoms with Crippen LogP contribution < -0.4 is 0 Å². The quantitative estimate of drug-likeness (QED) is 0.133. The monoisotopic (exact) mass is 538 g/mol. The molecular weight excluding hydrogens is 480 g/mol. The molecule has 2 rings (SSSR count). The number of hydrogen-bond donors (Lipinski definition) is 1. The molecule has 38 heavy (non-hydrogen) atoms. The zero-order valence-corrected chi connectivity index (χ0v) is 25.0. The van der Waals surface area contributed by atoms with E-state index in [-0.39, 0.29) is 12.2 Å². The normalized spacial score (nSPS) is 22.9. The molecule has 0 aromatic carbocycles. The number of aliphatic hydroxyl groups is 1. The molecule has 0 bridgehead atoms. The Labute approximate surface area is 233 Å². The Balaban J connectivity index is 0.00000104. The van der Waals surface area contributed by atoms with E-state index in [0.717, 1.165) is 43.9 Å². The number of methoxy groups -OCH3 is 2. The van der Waals surface area contributed by atoms with Gasteiger partial charge in [-0.1, -0.05) is 58.6 Å². The van der Waals surface area contributed by atoms with Gasteiger partial charge in [0, 0.05) is 32.3 Å². The van der Waals surface area contributed by atoms with Crippen LogP contribution in [0.1, 0.15) is 97.3 Å². The topological polar surface area (TPSA) is 82.1 Å². The first-order valence-corrected chi connectivity index (χ1v) is 14.8. The number of aldehydes is 2. The van der Waals surface area contributed by atoms with Crippen LogP contribution in [-0.4, -0.2) is 64.4 Å². The van der Waals surface area contributed by atoms with Gasteiger partial charge in [0.15, 0.2) is 0 Å². The molecule has 0 amide bonds. The van der Waals surface area contributed by atoms with Gasteiger partial charge in [-0.3, -0.25) is 9.59 Å².